The number of aliphatic hydroxyl groups is 1. The molecule has 1 aliphatic heterocycles. The summed E-state index contributed by atoms with van der Waals surface area (Å²) in [5.41, 5.74) is 5.86. The number of benzene rings is 1. The summed E-state index contributed by atoms with van der Waals surface area (Å²) in [7, 11) is 0. The molecule has 1 aromatic rings. The number of aliphatic hydroxyl groups excluding tert-OH is 1. The molecule has 23 heavy (non-hydrogen) atoms. The minimum absolute atomic E-state index is 0.114. The molecule has 0 spiro atoms. The SMILES string of the molecule is NC(Cc1ccc(O)c(O)c1)C(=O)O.O=C(O)[C@@H]1CC(O)CN1. The Morgan fingerprint density at radius 3 is 2.30 bits per heavy atom. The van der Waals surface area contributed by atoms with Crippen LogP contribution >= 0.6 is 0 Å². The molecule has 1 aromatic carbocycles. The highest BCUT2D eigenvalue weighted by Gasteiger charge is 2.27. The smallest absolute Gasteiger partial charge is 0.320 e. The van der Waals surface area contributed by atoms with Crippen molar-refractivity contribution < 1.29 is 35.1 Å². The lowest BCUT2D eigenvalue weighted by Gasteiger charge is -2.06. The van der Waals surface area contributed by atoms with Crippen LogP contribution in [0.1, 0.15) is 12.0 Å². The Bertz CT molecular complexity index is 564. The molecule has 3 atom stereocenters. The number of phenolic OH excluding ortho intramolecular Hbond substituents is 2. The molecule has 2 rings (SSSR count). The van der Waals surface area contributed by atoms with Gasteiger partial charge in [-0.3, -0.25) is 9.59 Å². The maximum absolute atomic E-state index is 10.4. The Kier molecular flexibility index (Phi) is 6.76. The van der Waals surface area contributed by atoms with Crippen molar-refractivity contribution in [1.82, 2.24) is 5.32 Å². The van der Waals surface area contributed by atoms with Crippen molar-refractivity contribution in [2.75, 3.05) is 6.54 Å². The molecule has 9 heteroatoms. The zero-order valence-electron chi connectivity index (χ0n) is 12.2. The van der Waals surface area contributed by atoms with E-state index >= 15 is 0 Å². The molecule has 9 nitrogen and oxygen atoms in total. The number of hydrogen-bond donors (Lipinski definition) is 7. The topological polar surface area (TPSA) is 173 Å². The lowest BCUT2D eigenvalue weighted by Crippen LogP contribution is -2.32. The maximum Gasteiger partial charge on any atom is 0.320 e. The second-order valence-corrected chi connectivity index (χ2v) is 5.16. The van der Waals surface area contributed by atoms with E-state index < -0.39 is 30.1 Å². The summed E-state index contributed by atoms with van der Waals surface area (Å²) >= 11 is 0. The highest BCUT2D eigenvalue weighted by Crippen LogP contribution is 2.25. The van der Waals surface area contributed by atoms with Gasteiger partial charge in [0.25, 0.3) is 0 Å². The van der Waals surface area contributed by atoms with Crippen molar-refractivity contribution in [3.05, 3.63) is 23.8 Å². The summed E-state index contributed by atoms with van der Waals surface area (Å²) in [5, 5.41) is 46.5. The first-order valence-electron chi connectivity index (χ1n) is 6.84. The van der Waals surface area contributed by atoms with E-state index in [4.69, 9.17) is 31.3 Å². The molecule has 0 saturated carbocycles. The standard InChI is InChI=1S/C9H11NO4.C5H9NO3/c10-6(9(13)14)3-5-1-2-7(11)8(12)4-5;7-3-1-4(5(8)9)6-2-3/h1-2,4,6,11-12H,3,10H2,(H,13,14);3-4,6-7H,1-2H2,(H,8,9)/t;3?,4-/m.0/s1. The van der Waals surface area contributed by atoms with Crippen molar-refractivity contribution in [1.29, 1.82) is 0 Å². The summed E-state index contributed by atoms with van der Waals surface area (Å²) in [5.74, 6) is -2.50. The van der Waals surface area contributed by atoms with Crippen molar-refractivity contribution >= 4 is 11.9 Å². The fraction of sp³-hybridized carbons (Fsp3) is 0.429. The van der Waals surface area contributed by atoms with Gasteiger partial charge in [0.1, 0.15) is 12.1 Å². The molecule has 1 aliphatic rings. The predicted molar refractivity (Wildman–Crippen MR) is 79.1 cm³/mol. The molecule has 8 N–H and O–H groups in total. The number of carboxylic acids is 2. The average molecular weight is 328 g/mol. The van der Waals surface area contributed by atoms with E-state index in [1.165, 1.54) is 18.2 Å². The number of β-amino-alcohol motifs (C(OH)–C–C–N with tert-alkyl or cyclic N) is 1. The molecular formula is C14H20N2O7. The van der Waals surface area contributed by atoms with Gasteiger partial charge in [0.15, 0.2) is 11.5 Å². The van der Waals surface area contributed by atoms with Gasteiger partial charge in [-0.25, -0.2) is 0 Å². The molecule has 128 valence electrons. The van der Waals surface area contributed by atoms with E-state index in [1.807, 2.05) is 0 Å². The van der Waals surface area contributed by atoms with E-state index in [1.54, 1.807) is 0 Å². The van der Waals surface area contributed by atoms with E-state index in [9.17, 15) is 9.59 Å². The summed E-state index contributed by atoms with van der Waals surface area (Å²) in [6, 6.07) is 2.55. The van der Waals surface area contributed by atoms with Crippen LogP contribution in [0.4, 0.5) is 0 Å². The highest BCUT2D eigenvalue weighted by atomic mass is 16.4. The monoisotopic (exact) mass is 328 g/mol. The second-order valence-electron chi connectivity index (χ2n) is 5.16. The number of hydrogen-bond acceptors (Lipinski definition) is 7. The fourth-order valence-electron chi connectivity index (χ4n) is 1.94. The van der Waals surface area contributed by atoms with Gasteiger partial charge < -0.3 is 36.6 Å². The summed E-state index contributed by atoms with van der Waals surface area (Å²) in [4.78, 5) is 20.6. The van der Waals surface area contributed by atoms with Crippen LogP contribution in [0.5, 0.6) is 11.5 Å². The molecule has 2 unspecified atom stereocenters. The van der Waals surface area contributed by atoms with E-state index in [-0.39, 0.29) is 17.9 Å². The Morgan fingerprint density at radius 2 is 1.91 bits per heavy atom. The molecule has 0 aromatic heterocycles. The maximum atomic E-state index is 10.4. The van der Waals surface area contributed by atoms with Crippen molar-refractivity contribution in [3.63, 3.8) is 0 Å². The lowest BCUT2D eigenvalue weighted by atomic mass is 10.1. The van der Waals surface area contributed by atoms with E-state index in [0.29, 0.717) is 18.5 Å². The van der Waals surface area contributed by atoms with Gasteiger partial charge in [-0.05, 0) is 24.1 Å². The first-order chi connectivity index (χ1) is 10.7. The van der Waals surface area contributed by atoms with E-state index in [2.05, 4.69) is 5.32 Å². The molecular weight excluding hydrogens is 308 g/mol. The summed E-state index contributed by atoms with van der Waals surface area (Å²) in [6.07, 6.45) is -0.0375. The number of aliphatic carboxylic acids is 2. The Balaban J connectivity index is 0.000000253. The Labute approximate surface area is 132 Å². The first kappa shape index (κ1) is 18.7. The Morgan fingerprint density at radius 1 is 1.26 bits per heavy atom. The van der Waals surface area contributed by atoms with Gasteiger partial charge in [0, 0.05) is 13.0 Å². The molecule has 0 radical (unpaired) electrons. The number of carboxylic acid groups (broad SMARTS) is 2. The lowest BCUT2D eigenvalue weighted by molar-refractivity contribution is -0.139. The van der Waals surface area contributed by atoms with Crippen LogP contribution in [-0.4, -0.2) is 62.2 Å². The van der Waals surface area contributed by atoms with Crippen LogP contribution in [0.3, 0.4) is 0 Å². The zero-order valence-corrected chi connectivity index (χ0v) is 12.2. The number of aromatic hydroxyl groups is 2. The van der Waals surface area contributed by atoms with Gasteiger partial charge in [-0.1, -0.05) is 6.07 Å². The van der Waals surface area contributed by atoms with Crippen LogP contribution in [0.15, 0.2) is 18.2 Å². The number of nitrogens with one attached hydrogen (secondary N) is 1. The van der Waals surface area contributed by atoms with Gasteiger partial charge in [-0.15, -0.1) is 0 Å². The van der Waals surface area contributed by atoms with Gasteiger partial charge in [-0.2, -0.15) is 0 Å². The minimum Gasteiger partial charge on any atom is -0.504 e. The van der Waals surface area contributed by atoms with E-state index in [0.717, 1.165) is 0 Å². The van der Waals surface area contributed by atoms with Gasteiger partial charge >= 0.3 is 11.9 Å². The number of carbonyl (C=O) groups is 2. The van der Waals surface area contributed by atoms with Crippen LogP contribution in [0.2, 0.25) is 0 Å². The van der Waals surface area contributed by atoms with Crippen LogP contribution in [0, 0.1) is 0 Å². The number of nitrogens with two attached hydrogens (primary N) is 1. The molecule has 1 heterocycles. The molecule has 0 aliphatic carbocycles. The largest absolute Gasteiger partial charge is 0.504 e. The van der Waals surface area contributed by atoms with Crippen molar-refractivity contribution in [2.24, 2.45) is 5.73 Å². The third kappa shape index (κ3) is 6.10. The quantitative estimate of drug-likeness (QED) is 0.336. The number of phenols is 2. The van der Waals surface area contributed by atoms with Crippen LogP contribution < -0.4 is 11.1 Å². The van der Waals surface area contributed by atoms with Crippen molar-refractivity contribution in [2.45, 2.75) is 31.0 Å². The second kappa shape index (κ2) is 8.32. The summed E-state index contributed by atoms with van der Waals surface area (Å²) in [6.45, 7) is 0.400. The minimum atomic E-state index is -1.10. The molecule has 1 fully saturated rings. The summed E-state index contributed by atoms with van der Waals surface area (Å²) < 4.78 is 0. The average Bonchev–Trinajstić information content (AvgIpc) is 2.90. The van der Waals surface area contributed by atoms with Crippen LogP contribution in [0.25, 0.3) is 0 Å². The van der Waals surface area contributed by atoms with Crippen molar-refractivity contribution in [3.8, 4) is 11.5 Å². The third-order valence-electron chi connectivity index (χ3n) is 3.22. The zero-order chi connectivity index (χ0) is 17.6. The highest BCUT2D eigenvalue weighted by molar-refractivity contribution is 5.74. The Hall–Kier alpha value is -2.36. The third-order valence-corrected chi connectivity index (χ3v) is 3.22. The molecule has 1 saturated heterocycles. The van der Waals surface area contributed by atoms with Gasteiger partial charge in [0.2, 0.25) is 0 Å². The first-order valence-corrected chi connectivity index (χ1v) is 6.84. The van der Waals surface area contributed by atoms with Gasteiger partial charge in [0.05, 0.1) is 6.10 Å². The van der Waals surface area contributed by atoms with Crippen LogP contribution in [-0.2, 0) is 16.0 Å². The normalized spacial score (nSPS) is 21.1. The predicted octanol–water partition coefficient (Wildman–Crippen LogP) is -1.15. The fourth-order valence-corrected chi connectivity index (χ4v) is 1.94. The molecule has 0 bridgehead atoms. The molecule has 0 amide bonds. The number of rotatable bonds is 4.